The smallest absolute Gasteiger partial charge is 0.135 e. The van der Waals surface area contributed by atoms with Crippen molar-refractivity contribution in [2.24, 2.45) is 0 Å². The molecule has 1 rings (SSSR count). The van der Waals surface area contributed by atoms with E-state index < -0.39 is 0 Å². The van der Waals surface area contributed by atoms with E-state index in [1.165, 1.54) is 6.33 Å². The first-order valence-corrected chi connectivity index (χ1v) is 6.15. The van der Waals surface area contributed by atoms with Crippen LogP contribution < -0.4 is 10.6 Å². The summed E-state index contributed by atoms with van der Waals surface area (Å²) in [4.78, 5) is 8.48. The third-order valence-corrected chi connectivity index (χ3v) is 2.74. The molecule has 17 heavy (non-hydrogen) atoms. The van der Waals surface area contributed by atoms with Gasteiger partial charge in [0.25, 0.3) is 0 Å². The Balaban J connectivity index is 2.96. The summed E-state index contributed by atoms with van der Waals surface area (Å²) in [5.74, 6) is 1.68. The molecule has 0 amide bonds. The van der Waals surface area contributed by atoms with E-state index in [9.17, 15) is 5.11 Å². The van der Waals surface area contributed by atoms with Gasteiger partial charge in [-0.2, -0.15) is 0 Å². The molecule has 1 atom stereocenters. The molecule has 5 nitrogen and oxygen atoms in total. The van der Waals surface area contributed by atoms with Gasteiger partial charge in [-0.05, 0) is 12.8 Å². The van der Waals surface area contributed by atoms with Crippen molar-refractivity contribution in [2.75, 3.05) is 24.3 Å². The first-order valence-electron chi connectivity index (χ1n) is 6.15. The Labute approximate surface area is 103 Å². The number of hydrogen-bond acceptors (Lipinski definition) is 5. The number of rotatable bonds is 7. The van der Waals surface area contributed by atoms with Gasteiger partial charge in [-0.3, -0.25) is 0 Å². The molecule has 0 aliphatic heterocycles. The number of hydrogen-bond donors (Lipinski definition) is 3. The van der Waals surface area contributed by atoms with Crippen LogP contribution >= 0.6 is 0 Å². The number of aliphatic hydroxyl groups is 1. The zero-order valence-corrected chi connectivity index (χ0v) is 10.8. The van der Waals surface area contributed by atoms with Gasteiger partial charge in [0.15, 0.2) is 0 Å². The monoisotopic (exact) mass is 238 g/mol. The molecule has 1 heterocycles. The van der Waals surface area contributed by atoms with E-state index in [4.69, 9.17) is 0 Å². The fourth-order valence-corrected chi connectivity index (χ4v) is 1.71. The molecule has 1 unspecified atom stereocenters. The van der Waals surface area contributed by atoms with Gasteiger partial charge in [-0.15, -0.1) is 0 Å². The SMILES string of the molecule is CCCc1c(NC)ncnc1NC(CC)CO. The number of aliphatic hydroxyl groups excluding tert-OH is 1. The second-order valence-electron chi connectivity index (χ2n) is 3.98. The summed E-state index contributed by atoms with van der Waals surface area (Å²) < 4.78 is 0. The van der Waals surface area contributed by atoms with Crippen LogP contribution in [0.15, 0.2) is 6.33 Å². The van der Waals surface area contributed by atoms with Gasteiger partial charge in [-0.25, -0.2) is 9.97 Å². The highest BCUT2D eigenvalue weighted by Crippen LogP contribution is 2.22. The topological polar surface area (TPSA) is 70.1 Å². The summed E-state index contributed by atoms with van der Waals surface area (Å²) in [6, 6.07) is 0.0465. The van der Waals surface area contributed by atoms with Crippen molar-refractivity contribution >= 4 is 11.6 Å². The molecule has 0 aliphatic carbocycles. The van der Waals surface area contributed by atoms with E-state index in [-0.39, 0.29) is 12.6 Å². The van der Waals surface area contributed by atoms with Crippen molar-refractivity contribution in [1.29, 1.82) is 0 Å². The Hall–Kier alpha value is -1.36. The van der Waals surface area contributed by atoms with Crippen LogP contribution in [0.25, 0.3) is 0 Å². The van der Waals surface area contributed by atoms with Crippen molar-refractivity contribution in [3.63, 3.8) is 0 Å². The van der Waals surface area contributed by atoms with E-state index in [1.54, 1.807) is 0 Å². The maximum Gasteiger partial charge on any atom is 0.135 e. The quantitative estimate of drug-likeness (QED) is 0.674. The van der Waals surface area contributed by atoms with Crippen LogP contribution in [0.1, 0.15) is 32.3 Å². The van der Waals surface area contributed by atoms with Crippen LogP contribution in [0, 0.1) is 0 Å². The maximum absolute atomic E-state index is 9.21. The second-order valence-corrected chi connectivity index (χ2v) is 3.98. The average molecular weight is 238 g/mol. The lowest BCUT2D eigenvalue weighted by Crippen LogP contribution is -2.24. The molecule has 0 aromatic carbocycles. The highest BCUT2D eigenvalue weighted by atomic mass is 16.3. The first-order chi connectivity index (χ1) is 8.26. The van der Waals surface area contributed by atoms with Crippen LogP contribution in [0.5, 0.6) is 0 Å². The summed E-state index contributed by atoms with van der Waals surface area (Å²) in [6.07, 6.45) is 4.35. The Kier molecular flexibility index (Phi) is 5.69. The van der Waals surface area contributed by atoms with Gasteiger partial charge in [0, 0.05) is 12.6 Å². The number of anilines is 2. The van der Waals surface area contributed by atoms with Crippen molar-refractivity contribution in [3.05, 3.63) is 11.9 Å². The molecule has 0 bridgehead atoms. The molecule has 96 valence electrons. The lowest BCUT2D eigenvalue weighted by Gasteiger charge is -2.18. The summed E-state index contributed by atoms with van der Waals surface area (Å²) in [7, 11) is 1.86. The molecular weight excluding hydrogens is 216 g/mol. The van der Waals surface area contributed by atoms with Crippen LogP contribution in [-0.4, -0.2) is 34.8 Å². The van der Waals surface area contributed by atoms with E-state index in [0.29, 0.717) is 0 Å². The standard InChI is InChI=1S/C12H22N4O/c1-4-6-10-11(13-3)14-8-15-12(10)16-9(5-2)7-17/h8-9,17H,4-7H2,1-3H3,(H2,13,14,15,16). The summed E-state index contributed by atoms with van der Waals surface area (Å²) in [5, 5.41) is 15.6. The van der Waals surface area contributed by atoms with Gasteiger partial charge in [0.05, 0.1) is 12.6 Å². The van der Waals surface area contributed by atoms with Crippen LogP contribution in [0.3, 0.4) is 0 Å². The predicted molar refractivity (Wildman–Crippen MR) is 70.4 cm³/mol. The Morgan fingerprint density at radius 1 is 1.29 bits per heavy atom. The average Bonchev–Trinajstić information content (AvgIpc) is 2.37. The van der Waals surface area contributed by atoms with Crippen molar-refractivity contribution in [2.45, 2.75) is 39.2 Å². The maximum atomic E-state index is 9.21. The van der Waals surface area contributed by atoms with Crippen molar-refractivity contribution in [3.8, 4) is 0 Å². The molecule has 0 radical (unpaired) electrons. The van der Waals surface area contributed by atoms with E-state index >= 15 is 0 Å². The third kappa shape index (κ3) is 3.56. The minimum Gasteiger partial charge on any atom is -0.394 e. The van der Waals surface area contributed by atoms with Crippen LogP contribution in [-0.2, 0) is 6.42 Å². The molecule has 0 saturated carbocycles. The normalized spacial score (nSPS) is 12.2. The van der Waals surface area contributed by atoms with Gasteiger partial charge in [0.2, 0.25) is 0 Å². The molecule has 1 aromatic rings. The zero-order valence-electron chi connectivity index (χ0n) is 10.8. The summed E-state index contributed by atoms with van der Waals surface area (Å²) >= 11 is 0. The molecule has 5 heteroatoms. The molecule has 0 aliphatic rings. The molecule has 0 spiro atoms. The molecule has 0 fully saturated rings. The molecular formula is C12H22N4O. The Morgan fingerprint density at radius 3 is 2.53 bits per heavy atom. The Morgan fingerprint density at radius 2 is 2.00 bits per heavy atom. The summed E-state index contributed by atoms with van der Waals surface area (Å²) in [6.45, 7) is 4.27. The highest BCUT2D eigenvalue weighted by Gasteiger charge is 2.12. The van der Waals surface area contributed by atoms with Crippen LogP contribution in [0.2, 0.25) is 0 Å². The fraction of sp³-hybridized carbons (Fsp3) is 0.667. The van der Waals surface area contributed by atoms with Gasteiger partial charge in [0.1, 0.15) is 18.0 Å². The molecule has 1 aromatic heterocycles. The predicted octanol–water partition coefficient (Wildman–Crippen LogP) is 1.65. The number of nitrogens with zero attached hydrogens (tertiary/aromatic N) is 2. The number of nitrogens with one attached hydrogen (secondary N) is 2. The first kappa shape index (κ1) is 13.7. The summed E-state index contributed by atoms with van der Waals surface area (Å²) in [5.41, 5.74) is 1.09. The lowest BCUT2D eigenvalue weighted by atomic mass is 10.1. The van der Waals surface area contributed by atoms with Gasteiger partial charge in [-0.1, -0.05) is 20.3 Å². The third-order valence-electron chi connectivity index (χ3n) is 2.74. The lowest BCUT2D eigenvalue weighted by molar-refractivity contribution is 0.271. The minimum atomic E-state index is 0.0465. The van der Waals surface area contributed by atoms with Gasteiger partial charge >= 0.3 is 0 Å². The van der Waals surface area contributed by atoms with E-state index in [0.717, 1.165) is 36.5 Å². The highest BCUT2D eigenvalue weighted by molar-refractivity contribution is 5.57. The van der Waals surface area contributed by atoms with Crippen LogP contribution in [0.4, 0.5) is 11.6 Å². The number of aromatic nitrogens is 2. The molecule has 0 saturated heterocycles. The van der Waals surface area contributed by atoms with Gasteiger partial charge < -0.3 is 15.7 Å². The van der Waals surface area contributed by atoms with Crippen molar-refractivity contribution in [1.82, 2.24) is 9.97 Å². The Bertz CT molecular complexity index is 339. The fourth-order valence-electron chi connectivity index (χ4n) is 1.71. The van der Waals surface area contributed by atoms with E-state index in [2.05, 4.69) is 27.5 Å². The minimum absolute atomic E-state index is 0.0465. The second kappa shape index (κ2) is 7.06. The van der Waals surface area contributed by atoms with E-state index in [1.807, 2.05) is 14.0 Å². The largest absolute Gasteiger partial charge is 0.394 e. The zero-order chi connectivity index (χ0) is 12.7. The molecule has 3 N–H and O–H groups in total. The van der Waals surface area contributed by atoms with Crippen molar-refractivity contribution < 1.29 is 5.11 Å².